The molecule has 5 rings (SSSR count). The number of carbonyl (C=O) groups excluding carboxylic acids is 1. The van der Waals surface area contributed by atoms with Crippen LogP contribution in [-0.2, 0) is 4.79 Å². The Kier molecular flexibility index (Phi) is 6.55. The fourth-order valence-corrected chi connectivity index (χ4v) is 5.95. The van der Waals surface area contributed by atoms with E-state index in [2.05, 4.69) is 29.2 Å². The molecule has 0 atom stereocenters. The van der Waals surface area contributed by atoms with E-state index in [4.69, 9.17) is 9.83 Å². The van der Waals surface area contributed by atoms with E-state index in [0.29, 0.717) is 10.9 Å². The number of furan rings is 1. The number of benzene rings is 1. The Hall–Kier alpha value is -2.58. The molecule has 3 heterocycles. The van der Waals surface area contributed by atoms with Crippen LogP contribution in [0.25, 0.3) is 6.08 Å². The van der Waals surface area contributed by atoms with Crippen LogP contribution in [0, 0.1) is 18.3 Å². The van der Waals surface area contributed by atoms with Crippen LogP contribution in [0.5, 0.6) is 0 Å². The molecule has 3 aliphatic rings. The van der Waals surface area contributed by atoms with E-state index in [0.717, 1.165) is 33.8 Å². The summed E-state index contributed by atoms with van der Waals surface area (Å²) in [7, 11) is 0. The van der Waals surface area contributed by atoms with E-state index in [-0.39, 0.29) is 11.4 Å². The molecule has 1 aliphatic carbocycles. The lowest BCUT2D eigenvalue weighted by molar-refractivity contribution is -0.114. The minimum Gasteiger partial charge on any atom is -0.450 e. The van der Waals surface area contributed by atoms with E-state index >= 15 is 0 Å². The molecule has 33 heavy (non-hydrogen) atoms. The maximum absolute atomic E-state index is 12.7. The number of nitrogens with one attached hydrogen (secondary N) is 1. The molecule has 0 radical (unpaired) electrons. The third-order valence-electron chi connectivity index (χ3n) is 6.12. The zero-order chi connectivity index (χ0) is 22.8. The van der Waals surface area contributed by atoms with Crippen molar-refractivity contribution in [1.29, 1.82) is 5.41 Å². The predicted octanol–water partition coefficient (Wildman–Crippen LogP) is 6.72. The molecule has 0 spiro atoms. The molecule has 6 nitrogen and oxygen atoms in total. The first-order valence-corrected chi connectivity index (χ1v) is 13.0. The maximum atomic E-state index is 12.7. The average molecular weight is 479 g/mol. The van der Waals surface area contributed by atoms with Gasteiger partial charge < -0.3 is 4.42 Å². The topological polar surface area (TPSA) is 82.0 Å². The molecule has 0 unspecified atom stereocenters. The highest BCUT2D eigenvalue weighted by atomic mass is 32.2. The van der Waals surface area contributed by atoms with Crippen molar-refractivity contribution in [3.05, 3.63) is 53.3 Å². The number of hydrogen-bond acceptors (Lipinski definition) is 6. The fraction of sp³-hybridized carbons (Fsp3) is 0.360. The van der Waals surface area contributed by atoms with Crippen molar-refractivity contribution >= 4 is 51.6 Å². The number of amides is 1. The number of aryl methyl sites for hydroxylation is 1. The van der Waals surface area contributed by atoms with E-state index in [1.54, 1.807) is 12.1 Å². The normalized spacial score (nSPS) is 20.3. The van der Waals surface area contributed by atoms with Crippen LogP contribution in [0.15, 0.2) is 66.5 Å². The molecule has 2 aliphatic heterocycles. The first-order chi connectivity index (χ1) is 16.0. The van der Waals surface area contributed by atoms with Gasteiger partial charge in [0.2, 0.25) is 5.17 Å². The Balaban J connectivity index is 1.27. The second kappa shape index (κ2) is 9.73. The fourth-order valence-electron chi connectivity index (χ4n) is 4.27. The monoisotopic (exact) mass is 478 g/mol. The van der Waals surface area contributed by atoms with E-state index < -0.39 is 5.91 Å². The van der Waals surface area contributed by atoms with Gasteiger partial charge in [-0.2, -0.15) is 15.1 Å². The van der Waals surface area contributed by atoms with Crippen molar-refractivity contribution in [2.24, 2.45) is 16.0 Å². The Labute approximate surface area is 202 Å². The van der Waals surface area contributed by atoms with Crippen molar-refractivity contribution in [1.82, 2.24) is 5.01 Å². The van der Waals surface area contributed by atoms with E-state index in [9.17, 15) is 4.79 Å². The summed E-state index contributed by atoms with van der Waals surface area (Å²) in [6.45, 7) is 2.05. The minimum absolute atomic E-state index is 0.0503. The van der Waals surface area contributed by atoms with Crippen LogP contribution in [0.3, 0.4) is 0 Å². The largest absolute Gasteiger partial charge is 0.450 e. The van der Waals surface area contributed by atoms with Crippen molar-refractivity contribution in [3.8, 4) is 0 Å². The van der Waals surface area contributed by atoms with Gasteiger partial charge in [-0.3, -0.25) is 10.2 Å². The van der Waals surface area contributed by atoms with Gasteiger partial charge in [0.1, 0.15) is 10.8 Å². The number of nitrogens with zero attached hydrogens (tertiary/aromatic N) is 3. The average Bonchev–Trinajstić information content (AvgIpc) is 3.44. The molecule has 8 heteroatoms. The van der Waals surface area contributed by atoms with Gasteiger partial charge in [-0.05, 0) is 67.8 Å². The van der Waals surface area contributed by atoms with Crippen LogP contribution < -0.4 is 0 Å². The molecule has 1 amide bonds. The molecule has 1 aromatic carbocycles. The molecule has 2 aromatic rings. The minimum atomic E-state index is -0.424. The van der Waals surface area contributed by atoms with Gasteiger partial charge in [0.05, 0.1) is 5.57 Å². The van der Waals surface area contributed by atoms with Gasteiger partial charge in [0.15, 0.2) is 10.9 Å². The maximum Gasteiger partial charge on any atom is 0.283 e. The lowest BCUT2D eigenvalue weighted by Gasteiger charge is -2.20. The summed E-state index contributed by atoms with van der Waals surface area (Å²) in [5.74, 6) is 0.912. The molecule has 0 saturated heterocycles. The first-order valence-electron chi connectivity index (χ1n) is 11.4. The van der Waals surface area contributed by atoms with E-state index in [1.165, 1.54) is 66.2 Å². The summed E-state index contributed by atoms with van der Waals surface area (Å²) in [6.07, 6.45) is 10.2. The van der Waals surface area contributed by atoms with Gasteiger partial charge in [-0.15, -0.1) is 0 Å². The second-order valence-corrected chi connectivity index (χ2v) is 10.7. The lowest BCUT2D eigenvalue weighted by Crippen LogP contribution is -2.35. The Morgan fingerprint density at radius 2 is 1.97 bits per heavy atom. The van der Waals surface area contributed by atoms with Gasteiger partial charge >= 0.3 is 0 Å². The highest BCUT2D eigenvalue weighted by Gasteiger charge is 2.35. The Morgan fingerprint density at radius 1 is 1.18 bits per heavy atom. The first kappa shape index (κ1) is 22.2. The predicted molar refractivity (Wildman–Crippen MR) is 135 cm³/mol. The van der Waals surface area contributed by atoms with Crippen molar-refractivity contribution in [2.75, 3.05) is 0 Å². The lowest BCUT2D eigenvalue weighted by atomic mass is 9.86. The quantitative estimate of drug-likeness (QED) is 0.466. The van der Waals surface area contributed by atoms with Crippen molar-refractivity contribution in [2.45, 2.75) is 61.9 Å². The second-order valence-electron chi connectivity index (χ2n) is 8.63. The molecule has 1 saturated carbocycles. The SMILES string of the molecule is Cc1ccc(Sc2ccc(/C=C3\C(=N)N4N=C(CCC5CCCCC5)SC4=NC3=O)o2)cc1. The molecule has 1 fully saturated rings. The highest BCUT2D eigenvalue weighted by Crippen LogP contribution is 2.34. The van der Waals surface area contributed by atoms with E-state index in [1.807, 2.05) is 18.2 Å². The highest BCUT2D eigenvalue weighted by molar-refractivity contribution is 8.26. The van der Waals surface area contributed by atoms with Crippen LogP contribution in [0.1, 0.15) is 56.3 Å². The Morgan fingerprint density at radius 3 is 2.76 bits per heavy atom. The summed E-state index contributed by atoms with van der Waals surface area (Å²) in [5, 5.41) is 16.8. The van der Waals surface area contributed by atoms with Gasteiger partial charge in [-0.25, -0.2) is 0 Å². The van der Waals surface area contributed by atoms with Crippen molar-refractivity contribution < 1.29 is 9.21 Å². The number of rotatable bonds is 6. The molecule has 1 aromatic heterocycles. The number of hydrazone groups is 1. The number of hydrogen-bond donors (Lipinski definition) is 1. The number of aliphatic imine (C=N–C) groups is 1. The molecule has 170 valence electrons. The molecular weight excluding hydrogens is 452 g/mol. The van der Waals surface area contributed by atoms with Gasteiger partial charge in [0.25, 0.3) is 5.91 Å². The molecule has 1 N–H and O–H groups in total. The zero-order valence-corrected chi connectivity index (χ0v) is 20.2. The summed E-state index contributed by atoms with van der Waals surface area (Å²) >= 11 is 2.93. The van der Waals surface area contributed by atoms with Crippen LogP contribution in [-0.4, -0.2) is 27.0 Å². The number of thioether (sulfide) groups is 1. The third kappa shape index (κ3) is 5.17. The number of amidine groups is 2. The number of fused-ring (bicyclic) bond motifs is 1. The Bertz CT molecular complexity index is 1160. The summed E-state index contributed by atoms with van der Waals surface area (Å²) in [6, 6.07) is 11.9. The van der Waals surface area contributed by atoms with Gasteiger partial charge in [-0.1, -0.05) is 61.6 Å². The zero-order valence-electron chi connectivity index (χ0n) is 18.5. The summed E-state index contributed by atoms with van der Waals surface area (Å²) < 4.78 is 5.89. The van der Waals surface area contributed by atoms with Crippen molar-refractivity contribution in [3.63, 3.8) is 0 Å². The van der Waals surface area contributed by atoms with Gasteiger partial charge in [0, 0.05) is 4.90 Å². The van der Waals surface area contributed by atoms with Crippen LogP contribution >= 0.6 is 23.5 Å². The number of carbonyl (C=O) groups is 1. The van der Waals surface area contributed by atoms with Crippen LogP contribution in [0.4, 0.5) is 0 Å². The summed E-state index contributed by atoms with van der Waals surface area (Å²) in [4.78, 5) is 17.9. The standard InChI is InChI=1S/C25H26N4O2S2/c1-16-7-11-19(12-8-16)32-22-14-10-18(31-22)15-20-23(26)29-25(27-24(20)30)33-21(28-29)13-9-17-5-3-2-4-6-17/h7-8,10-12,14-15,17,26H,2-6,9,13H2,1H3/b20-15+,26-23?. The molecule has 0 bridgehead atoms. The third-order valence-corrected chi connectivity index (χ3v) is 8.01. The van der Waals surface area contributed by atoms with Crippen LogP contribution in [0.2, 0.25) is 0 Å². The smallest absolute Gasteiger partial charge is 0.283 e. The molecular formula is C25H26N4O2S2. The summed E-state index contributed by atoms with van der Waals surface area (Å²) in [5.41, 5.74) is 1.40.